The Morgan fingerprint density at radius 2 is 2.00 bits per heavy atom. The van der Waals surface area contributed by atoms with Gasteiger partial charge in [0.25, 0.3) is 0 Å². The van der Waals surface area contributed by atoms with Gasteiger partial charge in [0.2, 0.25) is 0 Å². The van der Waals surface area contributed by atoms with Gasteiger partial charge in [-0.3, -0.25) is 4.90 Å². The van der Waals surface area contributed by atoms with E-state index in [9.17, 15) is 9.59 Å². The first-order valence-corrected chi connectivity index (χ1v) is 6.20. The summed E-state index contributed by atoms with van der Waals surface area (Å²) in [4.78, 5) is 25.1. The maximum absolute atomic E-state index is 12.1. The molecular weight excluding hydrogens is 218 g/mol. The van der Waals surface area contributed by atoms with Crippen LogP contribution in [0.25, 0.3) is 0 Å². The molecule has 4 heteroatoms. The SMILES string of the molecule is CC(C)C1(C=O)CCCN1C(=O)OC(C)(C)C. The monoisotopic (exact) mass is 241 g/mol. The fraction of sp³-hybridized carbons (Fsp3) is 0.846. The first-order valence-electron chi connectivity index (χ1n) is 6.20. The van der Waals surface area contributed by atoms with Crippen molar-refractivity contribution in [1.29, 1.82) is 0 Å². The van der Waals surface area contributed by atoms with Gasteiger partial charge in [-0.25, -0.2) is 4.79 Å². The lowest BCUT2D eigenvalue weighted by atomic mass is 9.85. The summed E-state index contributed by atoms with van der Waals surface area (Å²) in [7, 11) is 0. The van der Waals surface area contributed by atoms with Gasteiger partial charge in [-0.15, -0.1) is 0 Å². The van der Waals surface area contributed by atoms with Crippen molar-refractivity contribution in [3.05, 3.63) is 0 Å². The summed E-state index contributed by atoms with van der Waals surface area (Å²) >= 11 is 0. The highest BCUT2D eigenvalue weighted by Crippen LogP contribution is 2.35. The van der Waals surface area contributed by atoms with Crippen LogP contribution >= 0.6 is 0 Å². The molecule has 1 heterocycles. The molecule has 1 atom stereocenters. The molecule has 0 aromatic heterocycles. The number of hydrogen-bond acceptors (Lipinski definition) is 3. The molecule has 0 N–H and O–H groups in total. The number of carbonyl (C=O) groups excluding carboxylic acids is 2. The first kappa shape index (κ1) is 14.0. The standard InChI is InChI=1S/C13H23NO3/c1-10(2)13(9-15)7-6-8-14(13)11(16)17-12(3,4)5/h9-10H,6-8H2,1-5H3. The molecule has 4 nitrogen and oxygen atoms in total. The number of likely N-dealkylation sites (tertiary alicyclic amines) is 1. The van der Waals surface area contributed by atoms with Gasteiger partial charge in [0.15, 0.2) is 0 Å². The van der Waals surface area contributed by atoms with Crippen LogP contribution in [0.15, 0.2) is 0 Å². The highest BCUT2D eigenvalue weighted by Gasteiger charge is 2.47. The molecular formula is C13H23NO3. The Morgan fingerprint density at radius 1 is 1.41 bits per heavy atom. The Hall–Kier alpha value is -1.06. The van der Waals surface area contributed by atoms with Crippen LogP contribution in [0.5, 0.6) is 0 Å². The third kappa shape index (κ3) is 2.79. The first-order chi connectivity index (χ1) is 7.73. The molecule has 1 fully saturated rings. The predicted molar refractivity (Wildman–Crippen MR) is 65.8 cm³/mol. The molecule has 1 aliphatic rings. The molecule has 0 radical (unpaired) electrons. The van der Waals surface area contributed by atoms with Gasteiger partial charge < -0.3 is 9.53 Å². The van der Waals surface area contributed by atoms with Crippen molar-refractivity contribution in [2.45, 2.75) is 58.6 Å². The second-order valence-corrected chi connectivity index (χ2v) is 6.00. The van der Waals surface area contributed by atoms with Crippen LogP contribution in [0.3, 0.4) is 0 Å². The van der Waals surface area contributed by atoms with Crippen molar-refractivity contribution < 1.29 is 14.3 Å². The Bertz CT molecular complexity index is 306. The molecule has 0 aromatic carbocycles. The van der Waals surface area contributed by atoms with Crippen LogP contribution in [0.4, 0.5) is 4.79 Å². The third-order valence-corrected chi connectivity index (χ3v) is 3.28. The quantitative estimate of drug-likeness (QED) is 0.698. The molecule has 1 amide bonds. The Morgan fingerprint density at radius 3 is 2.41 bits per heavy atom. The number of aldehydes is 1. The summed E-state index contributed by atoms with van der Waals surface area (Å²) in [6.45, 7) is 10.0. The van der Waals surface area contributed by atoms with Gasteiger partial charge in [0.1, 0.15) is 17.4 Å². The van der Waals surface area contributed by atoms with Crippen LogP contribution in [0.1, 0.15) is 47.5 Å². The Labute approximate surface area is 103 Å². The molecule has 1 saturated heterocycles. The average Bonchev–Trinajstić information content (AvgIpc) is 2.59. The summed E-state index contributed by atoms with van der Waals surface area (Å²) in [6, 6.07) is 0. The summed E-state index contributed by atoms with van der Waals surface area (Å²) in [5.41, 5.74) is -1.20. The number of nitrogens with zero attached hydrogens (tertiary/aromatic N) is 1. The van der Waals surface area contributed by atoms with Crippen LogP contribution in [0.2, 0.25) is 0 Å². The largest absolute Gasteiger partial charge is 0.444 e. The molecule has 0 aromatic rings. The normalized spacial score (nSPS) is 25.2. The van der Waals surface area contributed by atoms with E-state index >= 15 is 0 Å². The fourth-order valence-corrected chi connectivity index (χ4v) is 2.30. The maximum atomic E-state index is 12.1. The van der Waals surface area contributed by atoms with E-state index in [0.29, 0.717) is 6.54 Å². The van der Waals surface area contributed by atoms with Crippen LogP contribution in [-0.4, -0.2) is 35.0 Å². The fourth-order valence-electron chi connectivity index (χ4n) is 2.30. The summed E-state index contributed by atoms with van der Waals surface area (Å²) in [5.74, 6) is 0.106. The van der Waals surface area contributed by atoms with Crippen LogP contribution in [0, 0.1) is 5.92 Å². The number of ether oxygens (including phenoxy) is 1. The lowest BCUT2D eigenvalue weighted by Gasteiger charge is -2.37. The topological polar surface area (TPSA) is 46.6 Å². The zero-order valence-corrected chi connectivity index (χ0v) is 11.4. The third-order valence-electron chi connectivity index (χ3n) is 3.28. The second kappa shape index (κ2) is 4.67. The Kier molecular flexibility index (Phi) is 3.84. The highest BCUT2D eigenvalue weighted by molar-refractivity contribution is 5.78. The van der Waals surface area contributed by atoms with E-state index in [1.54, 1.807) is 4.90 Å². The second-order valence-electron chi connectivity index (χ2n) is 6.00. The summed E-state index contributed by atoms with van der Waals surface area (Å²) in [6.07, 6.45) is 2.12. The molecule has 0 spiro atoms. The number of hydrogen-bond donors (Lipinski definition) is 0. The minimum atomic E-state index is -0.678. The van der Waals surface area contributed by atoms with E-state index in [2.05, 4.69) is 0 Å². The van der Waals surface area contributed by atoms with Gasteiger partial charge >= 0.3 is 6.09 Å². The number of rotatable bonds is 2. The molecule has 1 unspecified atom stereocenters. The molecule has 0 bridgehead atoms. The smallest absolute Gasteiger partial charge is 0.411 e. The van der Waals surface area contributed by atoms with Crippen molar-refractivity contribution in [3.63, 3.8) is 0 Å². The zero-order chi connectivity index (χ0) is 13.3. The molecule has 1 aliphatic heterocycles. The molecule has 0 aliphatic carbocycles. The van der Waals surface area contributed by atoms with Crippen LogP contribution < -0.4 is 0 Å². The van der Waals surface area contributed by atoms with E-state index in [1.807, 2.05) is 34.6 Å². The van der Waals surface area contributed by atoms with E-state index in [0.717, 1.165) is 19.1 Å². The van der Waals surface area contributed by atoms with Gasteiger partial charge in [-0.05, 0) is 39.5 Å². The van der Waals surface area contributed by atoms with Gasteiger partial charge in [-0.2, -0.15) is 0 Å². The van der Waals surface area contributed by atoms with Crippen LogP contribution in [-0.2, 0) is 9.53 Å². The van der Waals surface area contributed by atoms with Crippen molar-refractivity contribution in [1.82, 2.24) is 4.90 Å². The molecule has 0 saturated carbocycles. The van der Waals surface area contributed by atoms with E-state index in [1.165, 1.54) is 0 Å². The average molecular weight is 241 g/mol. The minimum absolute atomic E-state index is 0.106. The summed E-state index contributed by atoms with van der Waals surface area (Å²) in [5, 5.41) is 0. The van der Waals surface area contributed by atoms with E-state index in [-0.39, 0.29) is 12.0 Å². The number of carbonyl (C=O) groups is 2. The van der Waals surface area contributed by atoms with Crippen molar-refractivity contribution in [2.75, 3.05) is 6.54 Å². The van der Waals surface area contributed by atoms with Crippen molar-refractivity contribution >= 4 is 12.4 Å². The minimum Gasteiger partial charge on any atom is -0.444 e. The zero-order valence-electron chi connectivity index (χ0n) is 11.4. The number of amides is 1. The predicted octanol–water partition coefficient (Wildman–Crippen LogP) is 2.61. The lowest BCUT2D eigenvalue weighted by Crippen LogP contribution is -2.53. The highest BCUT2D eigenvalue weighted by atomic mass is 16.6. The summed E-state index contributed by atoms with van der Waals surface area (Å²) < 4.78 is 5.36. The van der Waals surface area contributed by atoms with Gasteiger partial charge in [-0.1, -0.05) is 13.8 Å². The Balaban J connectivity index is 2.89. The van der Waals surface area contributed by atoms with E-state index < -0.39 is 11.1 Å². The molecule has 1 rings (SSSR count). The van der Waals surface area contributed by atoms with Gasteiger partial charge in [0.05, 0.1) is 0 Å². The van der Waals surface area contributed by atoms with E-state index in [4.69, 9.17) is 4.74 Å². The van der Waals surface area contributed by atoms with Gasteiger partial charge in [0, 0.05) is 6.54 Å². The van der Waals surface area contributed by atoms with Crippen molar-refractivity contribution in [3.8, 4) is 0 Å². The molecule has 17 heavy (non-hydrogen) atoms. The molecule has 98 valence electrons. The van der Waals surface area contributed by atoms with Crippen molar-refractivity contribution in [2.24, 2.45) is 5.92 Å². The maximum Gasteiger partial charge on any atom is 0.411 e. The lowest BCUT2D eigenvalue weighted by molar-refractivity contribution is -0.119.